The Morgan fingerprint density at radius 3 is 1.85 bits per heavy atom. The fraction of sp³-hybridized carbons (Fsp3) is 0.529. The largest absolute Gasteiger partial charge is 0.464 e. The van der Waals surface area contributed by atoms with Crippen LogP contribution < -0.4 is 4.90 Å². The van der Waals surface area contributed by atoms with E-state index in [1.165, 1.54) is 19.4 Å². The van der Waals surface area contributed by atoms with Gasteiger partial charge >= 0.3 is 18.2 Å². The number of ether oxygens (including phenoxy) is 3. The SMILES string of the molecule is COC(=O)c1ncc(Br)cc1N(C(=O)OC(C)(C)C)C(=O)OC(C)(C)C. The minimum absolute atomic E-state index is 0.116. The number of carbonyl (C=O) groups excluding carboxylic acids is 3. The zero-order valence-corrected chi connectivity index (χ0v) is 17.5. The second-order valence-corrected chi connectivity index (χ2v) is 8.22. The smallest absolute Gasteiger partial charge is 0.424 e. The van der Waals surface area contributed by atoms with Crippen molar-refractivity contribution in [1.82, 2.24) is 4.98 Å². The zero-order valence-electron chi connectivity index (χ0n) is 15.9. The second-order valence-electron chi connectivity index (χ2n) is 7.31. The molecule has 8 nitrogen and oxygen atoms in total. The van der Waals surface area contributed by atoms with E-state index < -0.39 is 29.4 Å². The lowest BCUT2D eigenvalue weighted by Crippen LogP contribution is -2.44. The Kier molecular flexibility index (Phi) is 6.76. The number of amides is 2. The molecule has 144 valence electrons. The van der Waals surface area contributed by atoms with Gasteiger partial charge < -0.3 is 14.2 Å². The second kappa shape index (κ2) is 8.03. The fourth-order valence-electron chi connectivity index (χ4n) is 1.74. The van der Waals surface area contributed by atoms with Gasteiger partial charge in [-0.3, -0.25) is 0 Å². The normalized spacial score (nSPS) is 11.5. The highest BCUT2D eigenvalue weighted by atomic mass is 79.9. The Labute approximate surface area is 160 Å². The number of imide groups is 1. The standard InChI is InChI=1S/C17H23BrN2O6/c1-16(2,3)25-14(22)20(15(23)26-17(4,5)6)11-8-10(18)9-19-12(11)13(21)24-7/h8-9H,1-7H3. The number of methoxy groups -OCH3 is 1. The molecule has 0 bridgehead atoms. The molecule has 0 atom stereocenters. The van der Waals surface area contributed by atoms with E-state index in [-0.39, 0.29) is 11.4 Å². The van der Waals surface area contributed by atoms with Gasteiger partial charge in [0.05, 0.1) is 12.8 Å². The molecule has 1 heterocycles. The van der Waals surface area contributed by atoms with Crippen LogP contribution in [0.2, 0.25) is 0 Å². The number of carbonyl (C=O) groups is 3. The number of hydrogen-bond acceptors (Lipinski definition) is 7. The predicted molar refractivity (Wildman–Crippen MR) is 98.2 cm³/mol. The predicted octanol–water partition coefficient (Wildman–Crippen LogP) is 4.31. The van der Waals surface area contributed by atoms with E-state index in [4.69, 9.17) is 9.47 Å². The first kappa shape index (κ1) is 21.9. The summed E-state index contributed by atoms with van der Waals surface area (Å²) < 4.78 is 15.7. The quantitative estimate of drug-likeness (QED) is 0.509. The Morgan fingerprint density at radius 2 is 1.46 bits per heavy atom. The van der Waals surface area contributed by atoms with Crippen LogP contribution in [-0.2, 0) is 14.2 Å². The molecule has 0 aliphatic carbocycles. The van der Waals surface area contributed by atoms with E-state index in [2.05, 4.69) is 25.7 Å². The van der Waals surface area contributed by atoms with Crippen molar-refractivity contribution in [2.24, 2.45) is 0 Å². The zero-order chi connectivity index (χ0) is 20.3. The number of halogens is 1. The molecule has 0 aliphatic rings. The van der Waals surface area contributed by atoms with Crippen LogP contribution in [0.25, 0.3) is 0 Å². The summed E-state index contributed by atoms with van der Waals surface area (Å²) in [6, 6.07) is 1.38. The average Bonchev–Trinajstić information content (AvgIpc) is 2.43. The van der Waals surface area contributed by atoms with Crippen molar-refractivity contribution in [3.8, 4) is 0 Å². The van der Waals surface area contributed by atoms with E-state index in [1.54, 1.807) is 41.5 Å². The van der Waals surface area contributed by atoms with Crippen molar-refractivity contribution in [3.05, 3.63) is 22.4 Å². The van der Waals surface area contributed by atoms with Crippen LogP contribution in [0.15, 0.2) is 16.7 Å². The molecular formula is C17H23BrN2O6. The summed E-state index contributed by atoms with van der Waals surface area (Å²) >= 11 is 3.21. The van der Waals surface area contributed by atoms with Crippen molar-refractivity contribution < 1.29 is 28.6 Å². The van der Waals surface area contributed by atoms with Crippen LogP contribution in [0.5, 0.6) is 0 Å². The molecule has 9 heteroatoms. The third-order valence-corrected chi connectivity index (χ3v) is 3.04. The summed E-state index contributed by atoms with van der Waals surface area (Å²) in [4.78, 5) is 41.9. The molecule has 0 spiro atoms. The molecule has 1 aromatic heterocycles. The van der Waals surface area contributed by atoms with Crippen molar-refractivity contribution >= 4 is 39.8 Å². The van der Waals surface area contributed by atoms with Crippen LogP contribution in [-0.4, -0.2) is 41.5 Å². The molecule has 26 heavy (non-hydrogen) atoms. The van der Waals surface area contributed by atoms with Gasteiger partial charge in [-0.25, -0.2) is 19.4 Å². The molecule has 2 amide bonds. The van der Waals surface area contributed by atoms with Crippen LogP contribution >= 0.6 is 15.9 Å². The number of nitrogens with zero attached hydrogens (tertiary/aromatic N) is 2. The van der Waals surface area contributed by atoms with Crippen molar-refractivity contribution in [2.45, 2.75) is 52.7 Å². The van der Waals surface area contributed by atoms with Crippen LogP contribution in [0.4, 0.5) is 15.3 Å². The fourth-order valence-corrected chi connectivity index (χ4v) is 2.06. The maximum atomic E-state index is 12.7. The van der Waals surface area contributed by atoms with Crippen molar-refractivity contribution in [2.75, 3.05) is 12.0 Å². The van der Waals surface area contributed by atoms with E-state index in [0.29, 0.717) is 9.37 Å². The van der Waals surface area contributed by atoms with Gasteiger partial charge in [0.25, 0.3) is 0 Å². The first-order valence-corrected chi connectivity index (χ1v) is 8.54. The lowest BCUT2D eigenvalue weighted by molar-refractivity contribution is 0.0430. The molecule has 0 unspecified atom stereocenters. The first-order chi connectivity index (χ1) is 11.7. The molecular weight excluding hydrogens is 408 g/mol. The van der Waals surface area contributed by atoms with Crippen LogP contribution in [0.3, 0.4) is 0 Å². The summed E-state index contributed by atoms with van der Waals surface area (Å²) in [7, 11) is 1.17. The number of pyridine rings is 1. The number of anilines is 1. The van der Waals surface area contributed by atoms with E-state index >= 15 is 0 Å². The third kappa shape index (κ3) is 6.29. The minimum Gasteiger partial charge on any atom is -0.464 e. The monoisotopic (exact) mass is 430 g/mol. The minimum atomic E-state index is -1.00. The molecule has 0 fully saturated rings. The highest BCUT2D eigenvalue weighted by molar-refractivity contribution is 9.10. The third-order valence-electron chi connectivity index (χ3n) is 2.61. The summed E-state index contributed by atoms with van der Waals surface area (Å²) in [5, 5.41) is 0. The highest BCUT2D eigenvalue weighted by Crippen LogP contribution is 2.27. The lowest BCUT2D eigenvalue weighted by Gasteiger charge is -2.29. The van der Waals surface area contributed by atoms with Gasteiger partial charge in [0.15, 0.2) is 5.69 Å². The van der Waals surface area contributed by atoms with E-state index in [9.17, 15) is 14.4 Å². The van der Waals surface area contributed by atoms with Gasteiger partial charge in [-0.2, -0.15) is 4.90 Å². The van der Waals surface area contributed by atoms with Gasteiger partial charge in [0.2, 0.25) is 0 Å². The molecule has 1 rings (SSSR count). The maximum absolute atomic E-state index is 12.7. The molecule has 1 aromatic rings. The molecule has 0 saturated carbocycles. The van der Waals surface area contributed by atoms with Crippen molar-refractivity contribution in [1.29, 1.82) is 0 Å². The Bertz CT molecular complexity index is 678. The lowest BCUT2D eigenvalue weighted by atomic mass is 10.2. The molecule has 0 radical (unpaired) electrons. The van der Waals surface area contributed by atoms with Gasteiger partial charge in [-0.05, 0) is 63.5 Å². The van der Waals surface area contributed by atoms with Gasteiger partial charge in [-0.1, -0.05) is 0 Å². The van der Waals surface area contributed by atoms with Crippen LogP contribution in [0, 0.1) is 0 Å². The molecule has 0 N–H and O–H groups in total. The number of esters is 1. The molecule has 0 aromatic carbocycles. The topological polar surface area (TPSA) is 95.0 Å². The Balaban J connectivity index is 3.50. The molecule has 0 saturated heterocycles. The highest BCUT2D eigenvalue weighted by Gasteiger charge is 2.36. The summed E-state index contributed by atoms with van der Waals surface area (Å²) in [6.45, 7) is 9.91. The number of rotatable bonds is 2. The van der Waals surface area contributed by atoms with Gasteiger partial charge in [0, 0.05) is 10.7 Å². The van der Waals surface area contributed by atoms with E-state index in [0.717, 1.165) is 0 Å². The van der Waals surface area contributed by atoms with Gasteiger partial charge in [0.1, 0.15) is 11.2 Å². The number of hydrogen-bond donors (Lipinski definition) is 0. The Hall–Kier alpha value is -2.16. The van der Waals surface area contributed by atoms with Crippen molar-refractivity contribution in [3.63, 3.8) is 0 Å². The van der Waals surface area contributed by atoms with Crippen LogP contribution in [0.1, 0.15) is 52.0 Å². The van der Waals surface area contributed by atoms with E-state index in [1.807, 2.05) is 0 Å². The first-order valence-electron chi connectivity index (χ1n) is 7.75. The summed E-state index contributed by atoms with van der Waals surface area (Å²) in [5.74, 6) is -0.815. The molecule has 0 aliphatic heterocycles. The average molecular weight is 431 g/mol. The summed E-state index contributed by atoms with van der Waals surface area (Å²) in [6.07, 6.45) is -0.661. The Morgan fingerprint density at radius 1 is 1.00 bits per heavy atom. The number of aromatic nitrogens is 1. The maximum Gasteiger partial charge on any atom is 0.424 e. The van der Waals surface area contributed by atoms with Gasteiger partial charge in [-0.15, -0.1) is 0 Å². The summed E-state index contributed by atoms with van der Waals surface area (Å²) in [5.41, 5.74) is -2.09.